The van der Waals surface area contributed by atoms with Crippen molar-refractivity contribution < 1.29 is 4.92 Å². The van der Waals surface area contributed by atoms with Crippen molar-refractivity contribution >= 4 is 17.3 Å². The second kappa shape index (κ2) is 4.73. The molecule has 6 nitrogen and oxygen atoms in total. The first-order valence-corrected chi connectivity index (χ1v) is 5.74. The Labute approximate surface area is 108 Å². The predicted molar refractivity (Wildman–Crippen MR) is 67.1 cm³/mol. The molecule has 0 fully saturated rings. The molecule has 2 aromatic rings. The van der Waals surface area contributed by atoms with Crippen LogP contribution in [0.2, 0.25) is 5.15 Å². The van der Waals surface area contributed by atoms with E-state index in [0.717, 1.165) is 0 Å². The van der Waals surface area contributed by atoms with E-state index in [1.165, 1.54) is 4.68 Å². The van der Waals surface area contributed by atoms with Gasteiger partial charge >= 0.3 is 5.69 Å². The van der Waals surface area contributed by atoms with Gasteiger partial charge in [-0.15, -0.1) is 0 Å². The van der Waals surface area contributed by atoms with Gasteiger partial charge in [-0.25, -0.2) is 4.98 Å². The van der Waals surface area contributed by atoms with E-state index in [2.05, 4.69) is 10.1 Å². The average molecular weight is 267 g/mol. The SMILES string of the molecule is CC(C)c1nn(-c2ccccn2)c(Cl)c1[N+](=O)[O-]. The van der Waals surface area contributed by atoms with E-state index in [0.29, 0.717) is 11.5 Å². The number of hydrogen-bond acceptors (Lipinski definition) is 4. The zero-order valence-corrected chi connectivity index (χ0v) is 10.6. The van der Waals surface area contributed by atoms with Crippen molar-refractivity contribution in [2.24, 2.45) is 0 Å². The molecular formula is C11H11ClN4O2. The highest BCUT2D eigenvalue weighted by atomic mass is 35.5. The number of halogens is 1. The molecule has 0 amide bonds. The predicted octanol–water partition coefficient (Wildman–Crippen LogP) is 2.95. The van der Waals surface area contributed by atoms with E-state index in [4.69, 9.17) is 11.6 Å². The van der Waals surface area contributed by atoms with Crippen LogP contribution in [0.25, 0.3) is 5.82 Å². The number of hydrogen-bond donors (Lipinski definition) is 0. The third-order valence-electron chi connectivity index (χ3n) is 2.43. The summed E-state index contributed by atoms with van der Waals surface area (Å²) in [7, 11) is 0. The molecule has 0 aliphatic carbocycles. The Morgan fingerprint density at radius 1 is 1.44 bits per heavy atom. The second-order valence-corrected chi connectivity index (χ2v) is 4.39. The van der Waals surface area contributed by atoms with Crippen molar-refractivity contribution in [3.05, 3.63) is 45.4 Å². The number of aromatic nitrogens is 3. The molecule has 0 atom stereocenters. The van der Waals surface area contributed by atoms with Crippen LogP contribution >= 0.6 is 11.6 Å². The average Bonchev–Trinajstić information content (AvgIpc) is 2.68. The van der Waals surface area contributed by atoms with Crippen molar-refractivity contribution in [3.8, 4) is 5.82 Å². The summed E-state index contributed by atoms with van der Waals surface area (Å²) in [6, 6.07) is 5.20. The van der Waals surface area contributed by atoms with Gasteiger partial charge in [0.2, 0.25) is 5.15 Å². The zero-order chi connectivity index (χ0) is 13.3. The van der Waals surface area contributed by atoms with Gasteiger partial charge in [-0.2, -0.15) is 9.78 Å². The Kier molecular flexibility index (Phi) is 3.29. The lowest BCUT2D eigenvalue weighted by molar-refractivity contribution is -0.385. The van der Waals surface area contributed by atoms with Gasteiger partial charge in [0.1, 0.15) is 5.69 Å². The van der Waals surface area contributed by atoms with E-state index < -0.39 is 4.92 Å². The van der Waals surface area contributed by atoms with Crippen LogP contribution in [-0.2, 0) is 0 Å². The maximum absolute atomic E-state index is 11.0. The van der Waals surface area contributed by atoms with Crippen LogP contribution in [0.1, 0.15) is 25.5 Å². The fraction of sp³-hybridized carbons (Fsp3) is 0.273. The largest absolute Gasteiger partial charge is 0.329 e. The summed E-state index contributed by atoms with van der Waals surface area (Å²) in [6.07, 6.45) is 1.58. The number of pyridine rings is 1. The standard InChI is InChI=1S/C11H11ClN4O2/c1-7(2)9-10(16(17)18)11(12)15(14-9)8-5-3-4-6-13-8/h3-7H,1-2H3. The summed E-state index contributed by atoms with van der Waals surface area (Å²) >= 11 is 6.02. The molecule has 0 N–H and O–H groups in total. The first-order valence-electron chi connectivity index (χ1n) is 5.36. The molecule has 2 heterocycles. The van der Waals surface area contributed by atoms with Gasteiger partial charge in [0, 0.05) is 12.1 Å². The molecule has 2 rings (SSSR count). The fourth-order valence-corrected chi connectivity index (χ4v) is 1.88. The molecule has 2 aromatic heterocycles. The van der Waals surface area contributed by atoms with Crippen LogP contribution in [-0.4, -0.2) is 19.7 Å². The summed E-state index contributed by atoms with van der Waals surface area (Å²) in [5.74, 6) is 0.366. The maximum atomic E-state index is 11.0. The topological polar surface area (TPSA) is 73.8 Å². The molecule has 7 heteroatoms. The minimum Gasteiger partial charge on any atom is -0.258 e. The highest BCUT2D eigenvalue weighted by molar-refractivity contribution is 6.32. The van der Waals surface area contributed by atoms with E-state index in [1.54, 1.807) is 24.4 Å². The lowest BCUT2D eigenvalue weighted by Gasteiger charge is -1.99. The Morgan fingerprint density at radius 3 is 2.61 bits per heavy atom. The summed E-state index contributed by atoms with van der Waals surface area (Å²) in [5, 5.41) is 15.2. The molecule has 0 aliphatic heterocycles. The lowest BCUT2D eigenvalue weighted by atomic mass is 10.1. The number of nitro groups is 1. The Morgan fingerprint density at radius 2 is 2.17 bits per heavy atom. The Bertz CT molecular complexity index is 580. The van der Waals surface area contributed by atoms with Crippen LogP contribution in [0.4, 0.5) is 5.69 Å². The third kappa shape index (κ3) is 2.06. The Hall–Kier alpha value is -1.95. The van der Waals surface area contributed by atoms with Gasteiger partial charge in [0.05, 0.1) is 4.92 Å². The molecular weight excluding hydrogens is 256 g/mol. The first-order chi connectivity index (χ1) is 8.52. The van der Waals surface area contributed by atoms with Crippen LogP contribution in [0.5, 0.6) is 0 Å². The highest BCUT2D eigenvalue weighted by Gasteiger charge is 2.29. The molecule has 0 saturated carbocycles. The molecule has 94 valence electrons. The van der Waals surface area contributed by atoms with Crippen molar-refractivity contribution in [3.63, 3.8) is 0 Å². The summed E-state index contributed by atoms with van der Waals surface area (Å²) in [5.41, 5.74) is 0.202. The molecule has 0 aliphatic rings. The molecule has 0 saturated heterocycles. The zero-order valence-electron chi connectivity index (χ0n) is 9.87. The first kappa shape index (κ1) is 12.5. The van der Waals surface area contributed by atoms with Crippen LogP contribution in [0.15, 0.2) is 24.4 Å². The highest BCUT2D eigenvalue weighted by Crippen LogP contribution is 2.34. The maximum Gasteiger partial charge on any atom is 0.329 e. The van der Waals surface area contributed by atoms with E-state index in [1.807, 2.05) is 13.8 Å². The van der Waals surface area contributed by atoms with Crippen molar-refractivity contribution in [2.75, 3.05) is 0 Å². The number of rotatable bonds is 3. The quantitative estimate of drug-likeness (QED) is 0.632. The molecule has 0 unspecified atom stereocenters. The van der Waals surface area contributed by atoms with Gasteiger partial charge in [-0.05, 0) is 12.1 Å². The van der Waals surface area contributed by atoms with Crippen molar-refractivity contribution in [1.82, 2.24) is 14.8 Å². The molecule has 0 bridgehead atoms. The minimum absolute atomic E-state index is 0.0256. The molecule has 0 radical (unpaired) electrons. The van der Waals surface area contributed by atoms with Gasteiger partial charge in [-0.3, -0.25) is 10.1 Å². The van der Waals surface area contributed by atoms with Crippen LogP contribution < -0.4 is 0 Å². The summed E-state index contributed by atoms with van der Waals surface area (Å²) in [6.45, 7) is 3.66. The van der Waals surface area contributed by atoms with Crippen LogP contribution in [0, 0.1) is 10.1 Å². The van der Waals surface area contributed by atoms with Gasteiger partial charge in [0.25, 0.3) is 0 Å². The van der Waals surface area contributed by atoms with Gasteiger partial charge < -0.3 is 0 Å². The monoisotopic (exact) mass is 266 g/mol. The van der Waals surface area contributed by atoms with E-state index in [9.17, 15) is 10.1 Å². The van der Waals surface area contributed by atoms with Crippen molar-refractivity contribution in [2.45, 2.75) is 19.8 Å². The van der Waals surface area contributed by atoms with Gasteiger partial charge in [-0.1, -0.05) is 31.5 Å². The Balaban J connectivity index is 2.64. The smallest absolute Gasteiger partial charge is 0.258 e. The normalized spacial score (nSPS) is 10.9. The minimum atomic E-state index is -0.510. The summed E-state index contributed by atoms with van der Waals surface area (Å²) < 4.78 is 1.29. The molecule has 0 spiro atoms. The van der Waals surface area contributed by atoms with E-state index >= 15 is 0 Å². The third-order valence-corrected chi connectivity index (χ3v) is 2.77. The van der Waals surface area contributed by atoms with Crippen molar-refractivity contribution in [1.29, 1.82) is 0 Å². The molecule has 18 heavy (non-hydrogen) atoms. The lowest BCUT2D eigenvalue weighted by Crippen LogP contribution is -2.00. The summed E-state index contributed by atoms with van der Waals surface area (Å²) in [4.78, 5) is 14.6. The second-order valence-electron chi connectivity index (χ2n) is 4.04. The number of nitrogens with zero attached hydrogens (tertiary/aromatic N) is 4. The van der Waals surface area contributed by atoms with E-state index in [-0.39, 0.29) is 16.8 Å². The van der Waals surface area contributed by atoms with Crippen LogP contribution in [0.3, 0.4) is 0 Å². The molecule has 0 aromatic carbocycles. The van der Waals surface area contributed by atoms with Gasteiger partial charge in [0.15, 0.2) is 5.82 Å². The fourth-order valence-electron chi connectivity index (χ4n) is 1.59.